The molecule has 1 heteroatoms. The first-order chi connectivity index (χ1) is 4.33. The molecule has 0 spiro atoms. The number of nitrogens with zero attached hydrogens (tertiary/aromatic N) is 1. The van der Waals surface area contributed by atoms with E-state index in [1.54, 1.807) is 6.08 Å². The summed E-state index contributed by atoms with van der Waals surface area (Å²) >= 11 is 0. The Morgan fingerprint density at radius 3 is 2.44 bits per heavy atom. The van der Waals surface area contributed by atoms with Crippen LogP contribution < -0.4 is 4.57 Å². The average Bonchev–Trinajstić information content (AvgIpc) is 1.90. The van der Waals surface area contributed by atoms with Gasteiger partial charge in [-0.25, -0.2) is 4.57 Å². The fourth-order valence-electron chi connectivity index (χ4n) is 0.624. The van der Waals surface area contributed by atoms with E-state index in [2.05, 4.69) is 0 Å². The van der Waals surface area contributed by atoms with Crippen LogP contribution in [0.2, 0.25) is 0 Å². The van der Waals surface area contributed by atoms with E-state index in [0.717, 1.165) is 5.56 Å². The molecule has 0 aliphatic heterocycles. The van der Waals surface area contributed by atoms with Gasteiger partial charge in [-0.3, -0.25) is 0 Å². The third-order valence-electron chi connectivity index (χ3n) is 1.20. The molecule has 0 unspecified atom stereocenters. The van der Waals surface area contributed by atoms with Gasteiger partial charge in [0.2, 0.25) is 0 Å². The SMILES string of the molecule is [CH]=Cc1cc[n+](C)cc1. The molecule has 1 radical (unpaired) electrons. The van der Waals surface area contributed by atoms with Gasteiger partial charge in [-0.2, -0.15) is 0 Å². The number of pyridine rings is 1. The summed E-state index contributed by atoms with van der Waals surface area (Å²) in [6.45, 7) is 5.27. The molecular formula is C8H9N+. The smallest absolute Gasteiger partial charge is 0.169 e. The molecule has 0 saturated carbocycles. The van der Waals surface area contributed by atoms with Crippen molar-refractivity contribution in [2.24, 2.45) is 7.05 Å². The van der Waals surface area contributed by atoms with E-state index >= 15 is 0 Å². The highest BCUT2D eigenvalue weighted by Gasteiger charge is 1.87. The maximum Gasteiger partial charge on any atom is 0.169 e. The van der Waals surface area contributed by atoms with Gasteiger partial charge in [0, 0.05) is 12.1 Å². The zero-order valence-corrected chi connectivity index (χ0v) is 5.41. The predicted octanol–water partition coefficient (Wildman–Crippen LogP) is 0.957. The van der Waals surface area contributed by atoms with Crippen molar-refractivity contribution in [2.45, 2.75) is 0 Å². The summed E-state index contributed by atoms with van der Waals surface area (Å²) in [6.07, 6.45) is 5.50. The van der Waals surface area contributed by atoms with Gasteiger partial charge < -0.3 is 0 Å². The Kier molecular flexibility index (Phi) is 1.63. The summed E-state index contributed by atoms with van der Waals surface area (Å²) in [5.74, 6) is 0. The number of hydrogen-bond donors (Lipinski definition) is 0. The highest BCUT2D eigenvalue weighted by Crippen LogP contribution is 1.93. The summed E-state index contributed by atoms with van der Waals surface area (Å²) in [4.78, 5) is 0. The minimum absolute atomic E-state index is 1.05. The predicted molar refractivity (Wildman–Crippen MR) is 36.4 cm³/mol. The molecule has 1 aromatic heterocycles. The van der Waals surface area contributed by atoms with Crippen LogP contribution in [0, 0.1) is 6.58 Å². The van der Waals surface area contributed by atoms with Crippen molar-refractivity contribution in [3.63, 3.8) is 0 Å². The molecule has 0 aliphatic carbocycles. The minimum Gasteiger partial charge on any atom is -0.208 e. The third-order valence-corrected chi connectivity index (χ3v) is 1.20. The second-order valence-corrected chi connectivity index (χ2v) is 1.96. The largest absolute Gasteiger partial charge is 0.208 e. The van der Waals surface area contributed by atoms with Crippen LogP contribution in [0.5, 0.6) is 0 Å². The van der Waals surface area contributed by atoms with Crippen LogP contribution in [0.1, 0.15) is 5.56 Å². The lowest BCUT2D eigenvalue weighted by atomic mass is 10.3. The first-order valence-electron chi connectivity index (χ1n) is 2.83. The summed E-state index contributed by atoms with van der Waals surface area (Å²) in [6, 6.07) is 3.92. The standard InChI is InChI=1S/C8H9N/c1-3-8-4-6-9(2)7-5-8/h1,3-7H,2H3/q+1. The number of aryl methyl sites for hydroxylation is 1. The second kappa shape index (κ2) is 2.44. The van der Waals surface area contributed by atoms with E-state index in [9.17, 15) is 0 Å². The lowest BCUT2D eigenvalue weighted by Gasteiger charge is -1.86. The Morgan fingerprint density at radius 1 is 1.44 bits per heavy atom. The zero-order chi connectivity index (χ0) is 6.69. The Balaban J connectivity index is 3.01. The monoisotopic (exact) mass is 119 g/mol. The first-order valence-corrected chi connectivity index (χ1v) is 2.83. The van der Waals surface area contributed by atoms with Crippen molar-refractivity contribution in [3.05, 3.63) is 36.7 Å². The van der Waals surface area contributed by atoms with Crippen LogP contribution in [0.3, 0.4) is 0 Å². The molecule has 1 aromatic rings. The highest BCUT2D eigenvalue weighted by molar-refractivity contribution is 5.42. The van der Waals surface area contributed by atoms with Crippen LogP contribution in [0.15, 0.2) is 24.5 Å². The van der Waals surface area contributed by atoms with Gasteiger partial charge in [0.25, 0.3) is 0 Å². The Morgan fingerprint density at radius 2 is 2.00 bits per heavy atom. The molecule has 0 aromatic carbocycles. The number of rotatable bonds is 1. The molecule has 1 nitrogen and oxygen atoms in total. The summed E-state index contributed by atoms with van der Waals surface area (Å²) < 4.78 is 1.97. The molecule has 0 amide bonds. The maximum absolute atomic E-state index is 5.27. The lowest BCUT2D eigenvalue weighted by molar-refractivity contribution is -0.671. The van der Waals surface area contributed by atoms with Gasteiger partial charge in [0.1, 0.15) is 7.05 Å². The maximum atomic E-state index is 5.27. The van der Waals surface area contributed by atoms with Crippen LogP contribution >= 0.6 is 0 Å². The van der Waals surface area contributed by atoms with Gasteiger partial charge in [0.05, 0.1) is 0 Å². The molecule has 0 atom stereocenters. The molecule has 1 heterocycles. The summed E-state index contributed by atoms with van der Waals surface area (Å²) in [5, 5.41) is 0. The Bertz CT molecular complexity index is 198. The Hall–Kier alpha value is -1.11. The van der Waals surface area contributed by atoms with Gasteiger partial charge in [-0.1, -0.05) is 12.7 Å². The van der Waals surface area contributed by atoms with Crippen molar-refractivity contribution in [1.82, 2.24) is 0 Å². The van der Waals surface area contributed by atoms with E-state index in [1.165, 1.54) is 0 Å². The Labute approximate surface area is 55.3 Å². The quantitative estimate of drug-likeness (QED) is 0.485. The first kappa shape index (κ1) is 6.02. The zero-order valence-electron chi connectivity index (χ0n) is 5.41. The second-order valence-electron chi connectivity index (χ2n) is 1.96. The minimum atomic E-state index is 1.05. The molecule has 0 fully saturated rings. The molecule has 0 N–H and O–H groups in total. The van der Waals surface area contributed by atoms with Crippen LogP contribution in [0.4, 0.5) is 0 Å². The van der Waals surface area contributed by atoms with Crippen molar-refractivity contribution in [2.75, 3.05) is 0 Å². The van der Waals surface area contributed by atoms with Gasteiger partial charge in [-0.05, 0) is 5.56 Å². The molecule has 45 valence electrons. The number of hydrogen-bond acceptors (Lipinski definition) is 0. The van der Waals surface area contributed by atoms with Crippen molar-refractivity contribution >= 4 is 6.08 Å². The molecular weight excluding hydrogens is 110 g/mol. The van der Waals surface area contributed by atoms with Gasteiger partial charge in [-0.15, -0.1) is 0 Å². The topological polar surface area (TPSA) is 3.88 Å². The third kappa shape index (κ3) is 1.39. The van der Waals surface area contributed by atoms with Crippen molar-refractivity contribution < 1.29 is 4.57 Å². The van der Waals surface area contributed by atoms with E-state index in [1.807, 2.05) is 36.1 Å². The molecule has 9 heavy (non-hydrogen) atoms. The lowest BCUT2D eigenvalue weighted by Crippen LogP contribution is -2.25. The van der Waals surface area contributed by atoms with E-state index in [0.29, 0.717) is 0 Å². The number of aromatic nitrogens is 1. The summed E-state index contributed by atoms with van der Waals surface area (Å²) in [5.41, 5.74) is 1.05. The fourth-order valence-corrected chi connectivity index (χ4v) is 0.624. The molecule has 1 rings (SSSR count). The van der Waals surface area contributed by atoms with Crippen molar-refractivity contribution in [1.29, 1.82) is 0 Å². The molecule has 0 bridgehead atoms. The summed E-state index contributed by atoms with van der Waals surface area (Å²) in [7, 11) is 1.97. The van der Waals surface area contributed by atoms with E-state index < -0.39 is 0 Å². The van der Waals surface area contributed by atoms with Crippen LogP contribution in [-0.2, 0) is 7.05 Å². The molecule has 0 aliphatic rings. The van der Waals surface area contributed by atoms with E-state index in [-0.39, 0.29) is 0 Å². The fraction of sp³-hybridized carbons (Fsp3) is 0.125. The molecule has 0 saturated heterocycles. The highest BCUT2D eigenvalue weighted by atomic mass is 14.9. The van der Waals surface area contributed by atoms with Crippen LogP contribution in [-0.4, -0.2) is 0 Å². The van der Waals surface area contributed by atoms with E-state index in [4.69, 9.17) is 6.58 Å². The normalized spacial score (nSPS) is 9.00. The van der Waals surface area contributed by atoms with Crippen LogP contribution in [0.25, 0.3) is 6.08 Å². The van der Waals surface area contributed by atoms with Gasteiger partial charge in [0.15, 0.2) is 12.4 Å². The van der Waals surface area contributed by atoms with Crippen molar-refractivity contribution in [3.8, 4) is 0 Å². The van der Waals surface area contributed by atoms with Gasteiger partial charge >= 0.3 is 0 Å². The average molecular weight is 119 g/mol.